The van der Waals surface area contributed by atoms with E-state index in [4.69, 9.17) is 5.10 Å². The highest BCUT2D eigenvalue weighted by atomic mass is 16.1. The van der Waals surface area contributed by atoms with Gasteiger partial charge in [0.25, 0.3) is 0 Å². The molecular weight excluding hydrogens is 248 g/mol. The third kappa shape index (κ3) is 2.40. The summed E-state index contributed by atoms with van der Waals surface area (Å²) in [4.78, 5) is 11.3. The van der Waals surface area contributed by atoms with Gasteiger partial charge in [0.1, 0.15) is 0 Å². The van der Waals surface area contributed by atoms with E-state index in [1.807, 2.05) is 10.9 Å². The smallest absolute Gasteiger partial charge is 0.153 e. The number of carbonyl (C=O) groups excluding carboxylic acids is 1. The summed E-state index contributed by atoms with van der Waals surface area (Å²) in [6, 6.07) is 6.35. The second-order valence-electron chi connectivity index (χ2n) is 5.86. The van der Waals surface area contributed by atoms with Gasteiger partial charge < -0.3 is 0 Å². The maximum Gasteiger partial charge on any atom is 0.153 e. The highest BCUT2D eigenvalue weighted by Crippen LogP contribution is 2.34. The van der Waals surface area contributed by atoms with Crippen LogP contribution in [-0.2, 0) is 0 Å². The Morgan fingerprint density at radius 2 is 1.80 bits per heavy atom. The Hall–Kier alpha value is -1.90. The van der Waals surface area contributed by atoms with Crippen LogP contribution in [0, 0.1) is 13.8 Å². The summed E-state index contributed by atoms with van der Waals surface area (Å²) in [6.07, 6.45) is 7.63. The predicted octanol–water partition coefficient (Wildman–Crippen LogP) is 3.96. The number of nitrogens with zero attached hydrogens (tertiary/aromatic N) is 2. The first-order chi connectivity index (χ1) is 9.67. The lowest BCUT2D eigenvalue weighted by Gasteiger charge is -2.07. The lowest BCUT2D eigenvalue weighted by atomic mass is 10.0. The molecule has 20 heavy (non-hydrogen) atoms. The minimum atomic E-state index is 0.461. The van der Waals surface area contributed by atoms with Gasteiger partial charge in [0.15, 0.2) is 6.29 Å². The number of rotatable bonds is 3. The predicted molar refractivity (Wildman–Crippen MR) is 79.6 cm³/mol. The standard InChI is InChI=1S/C17H20N2O/c1-12-7-13(2)9-16(8-12)19-10-15(11-20)17(18-19)14-5-3-4-6-14/h7-11,14H,3-6H2,1-2H3. The molecule has 0 radical (unpaired) electrons. The summed E-state index contributed by atoms with van der Waals surface area (Å²) in [5.41, 5.74) is 5.19. The van der Waals surface area contributed by atoms with Gasteiger partial charge in [-0.25, -0.2) is 4.68 Å². The fourth-order valence-corrected chi connectivity index (χ4v) is 3.22. The number of aromatic nitrogens is 2. The van der Waals surface area contributed by atoms with Crippen LogP contribution in [0.25, 0.3) is 5.69 Å². The molecule has 1 aliphatic carbocycles. The number of aryl methyl sites for hydroxylation is 2. The van der Waals surface area contributed by atoms with E-state index >= 15 is 0 Å². The first kappa shape index (κ1) is 13.1. The summed E-state index contributed by atoms with van der Waals surface area (Å²) < 4.78 is 1.86. The van der Waals surface area contributed by atoms with Gasteiger partial charge in [0.05, 0.1) is 16.9 Å². The van der Waals surface area contributed by atoms with Crippen molar-refractivity contribution in [2.75, 3.05) is 0 Å². The minimum Gasteiger partial charge on any atom is -0.298 e. The van der Waals surface area contributed by atoms with Crippen molar-refractivity contribution >= 4 is 6.29 Å². The van der Waals surface area contributed by atoms with Crippen LogP contribution in [0.3, 0.4) is 0 Å². The average Bonchev–Trinajstić information content (AvgIpc) is 3.06. The molecule has 0 N–H and O–H groups in total. The molecule has 1 aromatic heterocycles. The molecule has 0 saturated heterocycles. The zero-order chi connectivity index (χ0) is 14.1. The molecule has 0 bridgehead atoms. The van der Waals surface area contributed by atoms with Gasteiger partial charge in [-0.1, -0.05) is 18.9 Å². The number of aldehydes is 1. The van der Waals surface area contributed by atoms with Crippen molar-refractivity contribution in [2.45, 2.75) is 45.4 Å². The summed E-state index contributed by atoms with van der Waals surface area (Å²) >= 11 is 0. The van der Waals surface area contributed by atoms with E-state index in [1.54, 1.807) is 0 Å². The average molecular weight is 268 g/mol. The number of benzene rings is 1. The molecule has 2 aromatic rings. The van der Waals surface area contributed by atoms with Crippen molar-refractivity contribution in [3.8, 4) is 5.69 Å². The molecule has 0 atom stereocenters. The Bertz CT molecular complexity index is 616. The van der Waals surface area contributed by atoms with E-state index < -0.39 is 0 Å². The molecule has 1 fully saturated rings. The number of carbonyl (C=O) groups is 1. The monoisotopic (exact) mass is 268 g/mol. The molecule has 1 heterocycles. The minimum absolute atomic E-state index is 0.461. The lowest BCUT2D eigenvalue weighted by molar-refractivity contribution is 0.112. The number of hydrogen-bond donors (Lipinski definition) is 0. The van der Waals surface area contributed by atoms with Gasteiger partial charge >= 0.3 is 0 Å². The second kappa shape index (κ2) is 5.23. The largest absolute Gasteiger partial charge is 0.298 e. The first-order valence-electron chi connectivity index (χ1n) is 7.31. The Morgan fingerprint density at radius 1 is 1.15 bits per heavy atom. The topological polar surface area (TPSA) is 34.9 Å². The fraction of sp³-hybridized carbons (Fsp3) is 0.412. The van der Waals surface area contributed by atoms with Crippen molar-refractivity contribution in [3.63, 3.8) is 0 Å². The molecular formula is C17H20N2O. The zero-order valence-corrected chi connectivity index (χ0v) is 12.1. The molecule has 0 aliphatic heterocycles. The number of hydrogen-bond acceptors (Lipinski definition) is 2. The van der Waals surface area contributed by atoms with Crippen molar-refractivity contribution in [1.29, 1.82) is 0 Å². The van der Waals surface area contributed by atoms with Gasteiger partial charge in [0, 0.05) is 12.1 Å². The maximum absolute atomic E-state index is 11.3. The zero-order valence-electron chi connectivity index (χ0n) is 12.1. The van der Waals surface area contributed by atoms with E-state index in [0.717, 1.165) is 36.1 Å². The van der Waals surface area contributed by atoms with Crippen LogP contribution in [-0.4, -0.2) is 16.1 Å². The summed E-state index contributed by atoms with van der Waals surface area (Å²) in [6.45, 7) is 4.16. The van der Waals surface area contributed by atoms with Crippen molar-refractivity contribution in [1.82, 2.24) is 9.78 Å². The van der Waals surface area contributed by atoms with E-state index in [2.05, 4.69) is 32.0 Å². The van der Waals surface area contributed by atoms with Crippen LogP contribution in [0.4, 0.5) is 0 Å². The highest BCUT2D eigenvalue weighted by Gasteiger charge is 2.23. The van der Waals surface area contributed by atoms with E-state index in [1.165, 1.54) is 24.0 Å². The Labute approximate surface area is 119 Å². The molecule has 0 amide bonds. The quantitative estimate of drug-likeness (QED) is 0.790. The Morgan fingerprint density at radius 3 is 2.40 bits per heavy atom. The molecule has 3 nitrogen and oxygen atoms in total. The van der Waals surface area contributed by atoms with Crippen LogP contribution in [0.1, 0.15) is 58.8 Å². The van der Waals surface area contributed by atoms with Crippen LogP contribution in [0.5, 0.6) is 0 Å². The van der Waals surface area contributed by atoms with Crippen molar-refractivity contribution in [3.05, 3.63) is 46.8 Å². The molecule has 1 saturated carbocycles. The molecule has 3 heteroatoms. The van der Waals surface area contributed by atoms with Gasteiger partial charge in [-0.15, -0.1) is 0 Å². The Balaban J connectivity index is 2.03. The van der Waals surface area contributed by atoms with Gasteiger partial charge in [-0.2, -0.15) is 5.10 Å². The Kier molecular flexibility index (Phi) is 3.43. The van der Waals surface area contributed by atoms with Crippen LogP contribution in [0.15, 0.2) is 24.4 Å². The maximum atomic E-state index is 11.3. The highest BCUT2D eigenvalue weighted by molar-refractivity contribution is 5.76. The lowest BCUT2D eigenvalue weighted by Crippen LogP contribution is -2.00. The van der Waals surface area contributed by atoms with Crippen LogP contribution >= 0.6 is 0 Å². The summed E-state index contributed by atoms with van der Waals surface area (Å²) in [5, 5.41) is 4.70. The fourth-order valence-electron chi connectivity index (χ4n) is 3.22. The van der Waals surface area contributed by atoms with Crippen molar-refractivity contribution in [2.24, 2.45) is 0 Å². The van der Waals surface area contributed by atoms with Crippen LogP contribution < -0.4 is 0 Å². The molecule has 0 unspecified atom stereocenters. The molecule has 3 rings (SSSR count). The second-order valence-corrected chi connectivity index (χ2v) is 5.86. The summed E-state index contributed by atoms with van der Waals surface area (Å²) in [5.74, 6) is 0.461. The van der Waals surface area contributed by atoms with Gasteiger partial charge in [0.2, 0.25) is 0 Å². The first-order valence-corrected chi connectivity index (χ1v) is 7.31. The SMILES string of the molecule is Cc1cc(C)cc(-n2cc(C=O)c(C3CCCC3)n2)c1. The van der Waals surface area contributed by atoms with E-state index in [0.29, 0.717) is 5.92 Å². The normalized spacial score (nSPS) is 15.7. The van der Waals surface area contributed by atoms with Gasteiger partial charge in [-0.3, -0.25) is 4.79 Å². The third-order valence-corrected chi connectivity index (χ3v) is 4.11. The third-order valence-electron chi connectivity index (χ3n) is 4.11. The molecule has 1 aromatic carbocycles. The van der Waals surface area contributed by atoms with Gasteiger partial charge in [-0.05, 0) is 49.9 Å². The molecule has 104 valence electrons. The molecule has 1 aliphatic rings. The molecule has 0 spiro atoms. The van der Waals surface area contributed by atoms with Crippen LogP contribution in [0.2, 0.25) is 0 Å². The van der Waals surface area contributed by atoms with E-state index in [9.17, 15) is 4.79 Å². The summed E-state index contributed by atoms with van der Waals surface area (Å²) in [7, 11) is 0. The van der Waals surface area contributed by atoms with Crippen molar-refractivity contribution < 1.29 is 4.79 Å². The van der Waals surface area contributed by atoms with E-state index in [-0.39, 0.29) is 0 Å².